The van der Waals surface area contributed by atoms with Gasteiger partial charge < -0.3 is 0 Å². The highest BCUT2D eigenvalue weighted by molar-refractivity contribution is 7.86. The molecule has 88 valence electrons. The van der Waals surface area contributed by atoms with Crippen LogP contribution in [0, 0.1) is 10.1 Å². The summed E-state index contributed by atoms with van der Waals surface area (Å²) in [4.78, 5) is 9.91. The minimum atomic E-state index is -3.52. The minimum absolute atomic E-state index is 0.0880. The van der Waals surface area contributed by atoms with Crippen molar-refractivity contribution in [1.82, 2.24) is 0 Å². The number of hydrogen-bond acceptors (Lipinski definition) is 5. The van der Waals surface area contributed by atoms with Crippen molar-refractivity contribution in [2.75, 3.05) is 5.75 Å². The number of hydrogen-bond donors (Lipinski definition) is 0. The van der Waals surface area contributed by atoms with Crippen LogP contribution in [0.25, 0.3) is 0 Å². The quantitative estimate of drug-likeness (QED) is 0.445. The molecule has 7 heteroatoms. The van der Waals surface area contributed by atoms with Gasteiger partial charge in [0.15, 0.2) is 0 Å². The number of rotatable bonds is 5. The van der Waals surface area contributed by atoms with E-state index in [2.05, 4.69) is 4.18 Å². The molecule has 1 aromatic rings. The molecule has 0 aromatic heterocycles. The Kier molecular flexibility index (Phi) is 3.97. The highest BCUT2D eigenvalue weighted by Gasteiger charge is 2.10. The lowest BCUT2D eigenvalue weighted by molar-refractivity contribution is -0.384. The Labute approximate surface area is 93.1 Å². The van der Waals surface area contributed by atoms with Crippen molar-refractivity contribution < 1.29 is 17.5 Å². The van der Waals surface area contributed by atoms with E-state index in [1.165, 1.54) is 25.1 Å². The molecule has 0 saturated carbocycles. The van der Waals surface area contributed by atoms with Crippen molar-refractivity contribution in [2.45, 2.75) is 13.5 Å². The molecular formula is C9H11NO5S. The van der Waals surface area contributed by atoms with Crippen molar-refractivity contribution in [1.29, 1.82) is 0 Å². The van der Waals surface area contributed by atoms with Crippen LogP contribution < -0.4 is 0 Å². The Morgan fingerprint density at radius 3 is 2.69 bits per heavy atom. The maximum Gasteiger partial charge on any atom is 0.269 e. The summed E-state index contributed by atoms with van der Waals surface area (Å²) in [5.74, 6) is -0.123. The first-order valence-electron chi connectivity index (χ1n) is 4.55. The summed E-state index contributed by atoms with van der Waals surface area (Å²) in [6.45, 7) is 1.28. The van der Waals surface area contributed by atoms with Crippen LogP contribution in [-0.2, 0) is 20.9 Å². The summed E-state index contributed by atoms with van der Waals surface area (Å²) in [5, 5.41) is 10.5. The van der Waals surface area contributed by atoms with Crippen molar-refractivity contribution in [3.63, 3.8) is 0 Å². The Morgan fingerprint density at radius 1 is 1.44 bits per heavy atom. The molecule has 0 aliphatic rings. The van der Waals surface area contributed by atoms with Crippen LogP contribution in [0.3, 0.4) is 0 Å². The Morgan fingerprint density at radius 2 is 2.12 bits per heavy atom. The van der Waals surface area contributed by atoms with Gasteiger partial charge in [0.1, 0.15) is 0 Å². The van der Waals surface area contributed by atoms with Crippen molar-refractivity contribution in [2.24, 2.45) is 0 Å². The van der Waals surface area contributed by atoms with Gasteiger partial charge in [-0.25, -0.2) is 0 Å². The molecule has 0 fully saturated rings. The van der Waals surface area contributed by atoms with Gasteiger partial charge in [0.2, 0.25) is 0 Å². The normalized spacial score (nSPS) is 11.3. The fourth-order valence-electron chi connectivity index (χ4n) is 1.00. The average molecular weight is 245 g/mol. The Bertz CT molecular complexity index is 482. The second kappa shape index (κ2) is 5.04. The summed E-state index contributed by atoms with van der Waals surface area (Å²) >= 11 is 0. The molecular weight excluding hydrogens is 234 g/mol. The van der Waals surface area contributed by atoms with Gasteiger partial charge in [-0.05, 0) is 12.5 Å². The van der Waals surface area contributed by atoms with E-state index in [0.29, 0.717) is 5.56 Å². The fraction of sp³-hybridized carbons (Fsp3) is 0.333. The SMILES string of the molecule is CCS(=O)(=O)OCc1cccc([N+](=O)[O-])c1. The molecule has 1 aromatic carbocycles. The van der Waals surface area contributed by atoms with E-state index in [9.17, 15) is 18.5 Å². The topological polar surface area (TPSA) is 86.5 Å². The van der Waals surface area contributed by atoms with Crippen LogP contribution in [0.2, 0.25) is 0 Å². The van der Waals surface area contributed by atoms with Crippen LogP contribution in [0.1, 0.15) is 12.5 Å². The predicted octanol–water partition coefficient (Wildman–Crippen LogP) is 1.46. The molecule has 0 unspecified atom stereocenters. The summed E-state index contributed by atoms with van der Waals surface area (Å²) in [6.07, 6.45) is 0. The van der Waals surface area contributed by atoms with Gasteiger partial charge in [-0.15, -0.1) is 0 Å². The van der Waals surface area contributed by atoms with Crippen LogP contribution in [0.4, 0.5) is 5.69 Å². The number of nitro groups is 1. The molecule has 0 radical (unpaired) electrons. The number of non-ortho nitro benzene ring substituents is 1. The van der Waals surface area contributed by atoms with Crippen LogP contribution >= 0.6 is 0 Å². The third-order valence-corrected chi connectivity index (χ3v) is 3.06. The van der Waals surface area contributed by atoms with E-state index in [-0.39, 0.29) is 18.0 Å². The fourth-order valence-corrected chi connectivity index (χ4v) is 1.48. The van der Waals surface area contributed by atoms with Crippen molar-refractivity contribution in [3.8, 4) is 0 Å². The van der Waals surface area contributed by atoms with Crippen LogP contribution in [0.15, 0.2) is 24.3 Å². The van der Waals surface area contributed by atoms with Gasteiger partial charge in [-0.2, -0.15) is 8.42 Å². The first kappa shape index (κ1) is 12.6. The standard InChI is InChI=1S/C9H11NO5S/c1-2-16(13,14)15-7-8-4-3-5-9(6-8)10(11)12/h3-6H,2,7H2,1H3. The second-order valence-corrected chi connectivity index (χ2v) is 4.96. The van der Waals surface area contributed by atoms with E-state index in [1.807, 2.05) is 0 Å². The molecule has 1 rings (SSSR count). The van der Waals surface area contributed by atoms with Crippen molar-refractivity contribution in [3.05, 3.63) is 39.9 Å². The van der Waals surface area contributed by atoms with Gasteiger partial charge in [0.25, 0.3) is 15.8 Å². The van der Waals surface area contributed by atoms with E-state index in [1.54, 1.807) is 6.07 Å². The molecule has 0 heterocycles. The van der Waals surface area contributed by atoms with Gasteiger partial charge in [-0.1, -0.05) is 12.1 Å². The third kappa shape index (κ3) is 3.59. The zero-order chi connectivity index (χ0) is 12.2. The number of benzene rings is 1. The Hall–Kier alpha value is -1.47. The van der Waals surface area contributed by atoms with Crippen LogP contribution in [0.5, 0.6) is 0 Å². The Balaban J connectivity index is 2.75. The van der Waals surface area contributed by atoms with Crippen molar-refractivity contribution >= 4 is 15.8 Å². The summed E-state index contributed by atoms with van der Waals surface area (Å²) < 4.78 is 26.7. The van der Waals surface area contributed by atoms with E-state index < -0.39 is 15.0 Å². The molecule has 0 bridgehead atoms. The predicted molar refractivity (Wildman–Crippen MR) is 57.3 cm³/mol. The van der Waals surface area contributed by atoms with Gasteiger partial charge in [0.05, 0.1) is 17.3 Å². The van der Waals surface area contributed by atoms with Gasteiger partial charge in [0, 0.05) is 12.1 Å². The molecule has 0 aliphatic heterocycles. The average Bonchev–Trinajstić information content (AvgIpc) is 2.27. The first-order chi connectivity index (χ1) is 7.44. The molecule has 0 amide bonds. The lowest BCUT2D eigenvalue weighted by Crippen LogP contribution is -2.08. The molecule has 0 spiro atoms. The number of nitrogens with zero attached hydrogens (tertiary/aromatic N) is 1. The molecule has 0 atom stereocenters. The summed E-state index contributed by atoms with van der Waals surface area (Å²) in [7, 11) is -3.52. The highest BCUT2D eigenvalue weighted by atomic mass is 32.2. The second-order valence-electron chi connectivity index (χ2n) is 3.04. The highest BCUT2D eigenvalue weighted by Crippen LogP contribution is 2.14. The van der Waals surface area contributed by atoms with Gasteiger partial charge >= 0.3 is 0 Å². The molecule has 16 heavy (non-hydrogen) atoms. The number of nitro benzene ring substituents is 1. The van der Waals surface area contributed by atoms with Crippen LogP contribution in [-0.4, -0.2) is 19.1 Å². The zero-order valence-electron chi connectivity index (χ0n) is 8.62. The molecule has 6 nitrogen and oxygen atoms in total. The lowest BCUT2D eigenvalue weighted by atomic mass is 10.2. The zero-order valence-corrected chi connectivity index (χ0v) is 9.44. The maximum absolute atomic E-state index is 11.0. The van der Waals surface area contributed by atoms with E-state index >= 15 is 0 Å². The van der Waals surface area contributed by atoms with Gasteiger partial charge in [-0.3, -0.25) is 14.3 Å². The molecule has 0 N–H and O–H groups in total. The summed E-state index contributed by atoms with van der Waals surface area (Å²) in [6, 6.07) is 5.66. The summed E-state index contributed by atoms with van der Waals surface area (Å²) in [5.41, 5.74) is 0.362. The third-order valence-electron chi connectivity index (χ3n) is 1.88. The van der Waals surface area contributed by atoms with E-state index in [4.69, 9.17) is 0 Å². The smallest absolute Gasteiger partial charge is 0.265 e. The first-order valence-corrected chi connectivity index (χ1v) is 6.13. The largest absolute Gasteiger partial charge is 0.269 e. The monoisotopic (exact) mass is 245 g/mol. The lowest BCUT2D eigenvalue weighted by Gasteiger charge is -2.02. The molecule has 0 saturated heterocycles. The maximum atomic E-state index is 11.0. The van der Waals surface area contributed by atoms with E-state index in [0.717, 1.165) is 0 Å². The molecule has 0 aliphatic carbocycles. The minimum Gasteiger partial charge on any atom is -0.265 e.